The fourth-order valence-corrected chi connectivity index (χ4v) is 6.03. The Morgan fingerprint density at radius 3 is 2.04 bits per heavy atom. The van der Waals surface area contributed by atoms with E-state index in [0.717, 1.165) is 16.0 Å². The first kappa shape index (κ1) is 33.8. The van der Waals surface area contributed by atoms with Crippen molar-refractivity contribution >= 4 is 81.7 Å². The monoisotopic (exact) mass is 699 g/mol. The average Bonchev–Trinajstić information content (AvgIpc) is 3.08. The van der Waals surface area contributed by atoms with Crippen LogP contribution in [0.2, 0.25) is 15.1 Å². The molecule has 47 heavy (non-hydrogen) atoms. The molecular formula is C37H28Cl3N3O3S. The van der Waals surface area contributed by atoms with E-state index < -0.39 is 17.1 Å². The Morgan fingerprint density at radius 2 is 1.36 bits per heavy atom. The van der Waals surface area contributed by atoms with E-state index in [0.29, 0.717) is 32.5 Å². The number of carbonyl (C=O) groups excluding carboxylic acids is 3. The van der Waals surface area contributed by atoms with Crippen LogP contribution < -0.4 is 16.0 Å². The summed E-state index contributed by atoms with van der Waals surface area (Å²) in [5, 5.41) is 9.06. The van der Waals surface area contributed by atoms with E-state index in [1.807, 2.05) is 61.5 Å². The predicted octanol–water partition coefficient (Wildman–Crippen LogP) is 9.84. The van der Waals surface area contributed by atoms with E-state index in [2.05, 4.69) is 16.0 Å². The van der Waals surface area contributed by atoms with Crippen LogP contribution in [0.5, 0.6) is 0 Å². The molecule has 0 saturated heterocycles. The van der Waals surface area contributed by atoms with Crippen molar-refractivity contribution < 1.29 is 14.4 Å². The largest absolute Gasteiger partial charge is 0.325 e. The van der Waals surface area contributed by atoms with Gasteiger partial charge in [-0.05, 0) is 84.3 Å². The third kappa shape index (κ3) is 9.05. The minimum Gasteiger partial charge on any atom is -0.325 e. The van der Waals surface area contributed by atoms with Crippen LogP contribution in [0.4, 0.5) is 11.4 Å². The molecule has 0 radical (unpaired) electrons. The lowest BCUT2D eigenvalue weighted by atomic mass is 10.1. The zero-order valence-corrected chi connectivity index (χ0v) is 28.1. The number of aryl methyl sites for hydroxylation is 1. The lowest BCUT2D eigenvalue weighted by Crippen LogP contribution is -2.30. The number of anilines is 2. The molecule has 3 N–H and O–H groups in total. The number of carbonyl (C=O) groups is 3. The first-order valence-corrected chi connectivity index (χ1v) is 16.4. The Labute approximate surface area is 292 Å². The summed E-state index contributed by atoms with van der Waals surface area (Å²) < 4.78 is 0. The first-order valence-electron chi connectivity index (χ1n) is 14.4. The van der Waals surface area contributed by atoms with Crippen LogP contribution in [0, 0.1) is 6.92 Å². The van der Waals surface area contributed by atoms with E-state index in [9.17, 15) is 14.4 Å². The number of thioether (sulfide) groups is 1. The Kier molecular flexibility index (Phi) is 11.4. The molecule has 236 valence electrons. The van der Waals surface area contributed by atoms with Gasteiger partial charge in [-0.2, -0.15) is 0 Å². The predicted molar refractivity (Wildman–Crippen MR) is 193 cm³/mol. The molecule has 5 rings (SSSR count). The van der Waals surface area contributed by atoms with Crippen molar-refractivity contribution in [2.45, 2.75) is 17.1 Å². The van der Waals surface area contributed by atoms with Gasteiger partial charge in [0.05, 0.1) is 10.0 Å². The number of halogens is 3. The molecule has 0 fully saturated rings. The SMILES string of the molecule is Cc1ccc(NC(=O)C(Sc2ccc(NC(=O)/C(=C/c3cccc(Cl)c3Cl)NC(=O)c3ccccc3)cc2)c2ccccc2)cc1Cl. The molecule has 0 saturated carbocycles. The molecule has 10 heteroatoms. The van der Waals surface area contributed by atoms with Crippen molar-refractivity contribution in [2.75, 3.05) is 10.6 Å². The summed E-state index contributed by atoms with van der Waals surface area (Å²) in [4.78, 5) is 40.8. The Balaban J connectivity index is 1.34. The summed E-state index contributed by atoms with van der Waals surface area (Å²) in [5.74, 6) is -1.24. The lowest BCUT2D eigenvalue weighted by molar-refractivity contribution is -0.116. The fraction of sp³-hybridized carbons (Fsp3) is 0.0541. The topological polar surface area (TPSA) is 87.3 Å². The van der Waals surface area contributed by atoms with Crippen molar-refractivity contribution in [3.63, 3.8) is 0 Å². The van der Waals surface area contributed by atoms with Crippen molar-refractivity contribution in [3.8, 4) is 0 Å². The molecule has 1 unspecified atom stereocenters. The van der Waals surface area contributed by atoms with Crippen LogP contribution in [0.1, 0.15) is 32.3 Å². The van der Waals surface area contributed by atoms with Crippen LogP contribution in [0.3, 0.4) is 0 Å². The molecule has 0 bridgehead atoms. The maximum atomic E-state index is 13.5. The summed E-state index contributed by atoms with van der Waals surface area (Å²) in [6.07, 6.45) is 1.47. The van der Waals surface area contributed by atoms with Crippen LogP contribution >= 0.6 is 46.6 Å². The second-order valence-corrected chi connectivity index (χ2v) is 12.7. The van der Waals surface area contributed by atoms with E-state index in [1.54, 1.807) is 66.7 Å². The van der Waals surface area contributed by atoms with Crippen molar-refractivity contribution in [2.24, 2.45) is 0 Å². The van der Waals surface area contributed by atoms with Gasteiger partial charge in [0.2, 0.25) is 5.91 Å². The molecule has 6 nitrogen and oxygen atoms in total. The molecular weight excluding hydrogens is 673 g/mol. The minimum atomic E-state index is -0.568. The number of rotatable bonds is 10. The normalized spacial score (nSPS) is 11.8. The second kappa shape index (κ2) is 15.8. The quantitative estimate of drug-likeness (QED) is 0.100. The molecule has 0 aliphatic heterocycles. The minimum absolute atomic E-state index is 0.0292. The molecule has 0 aliphatic carbocycles. The third-order valence-corrected chi connectivity index (χ3v) is 9.46. The zero-order valence-electron chi connectivity index (χ0n) is 25.0. The van der Waals surface area contributed by atoms with E-state index in [4.69, 9.17) is 34.8 Å². The molecule has 5 aromatic rings. The zero-order chi connectivity index (χ0) is 33.3. The van der Waals surface area contributed by atoms with Gasteiger partial charge in [-0.15, -0.1) is 11.8 Å². The van der Waals surface area contributed by atoms with Gasteiger partial charge in [0.1, 0.15) is 10.9 Å². The molecule has 3 amide bonds. The molecule has 1 atom stereocenters. The van der Waals surface area contributed by atoms with Crippen LogP contribution in [0.25, 0.3) is 6.08 Å². The van der Waals surface area contributed by atoms with Gasteiger partial charge in [-0.3, -0.25) is 14.4 Å². The number of hydrogen-bond acceptors (Lipinski definition) is 4. The van der Waals surface area contributed by atoms with Gasteiger partial charge in [0.25, 0.3) is 11.8 Å². The Hall–Kier alpha value is -4.53. The van der Waals surface area contributed by atoms with E-state index in [-0.39, 0.29) is 16.6 Å². The summed E-state index contributed by atoms with van der Waals surface area (Å²) in [6.45, 7) is 1.90. The molecule has 5 aromatic carbocycles. The average molecular weight is 701 g/mol. The molecule has 0 aromatic heterocycles. The van der Waals surface area contributed by atoms with E-state index >= 15 is 0 Å². The molecule has 0 heterocycles. The van der Waals surface area contributed by atoms with Gasteiger partial charge in [-0.25, -0.2) is 0 Å². The van der Waals surface area contributed by atoms with E-state index in [1.165, 1.54) is 17.8 Å². The Bertz CT molecular complexity index is 1940. The highest BCUT2D eigenvalue weighted by atomic mass is 35.5. The second-order valence-electron chi connectivity index (χ2n) is 10.4. The summed E-state index contributed by atoms with van der Waals surface area (Å²) >= 11 is 20.2. The van der Waals surface area contributed by atoms with Gasteiger partial charge < -0.3 is 16.0 Å². The van der Waals surface area contributed by atoms with Gasteiger partial charge in [0.15, 0.2) is 0 Å². The summed E-state index contributed by atoms with van der Waals surface area (Å²) in [6, 6.07) is 35.5. The molecule has 0 spiro atoms. The number of amides is 3. The summed E-state index contributed by atoms with van der Waals surface area (Å²) in [7, 11) is 0. The maximum absolute atomic E-state index is 13.5. The van der Waals surface area contributed by atoms with Gasteiger partial charge in [0, 0.05) is 26.9 Å². The highest BCUT2D eigenvalue weighted by Crippen LogP contribution is 2.37. The smallest absolute Gasteiger partial charge is 0.272 e. The first-order chi connectivity index (χ1) is 22.7. The van der Waals surface area contributed by atoms with Crippen molar-refractivity contribution in [1.29, 1.82) is 0 Å². The van der Waals surface area contributed by atoms with Crippen molar-refractivity contribution in [1.82, 2.24) is 5.32 Å². The summed E-state index contributed by atoms with van der Waals surface area (Å²) in [5.41, 5.74) is 3.64. The van der Waals surface area contributed by atoms with Gasteiger partial charge in [-0.1, -0.05) is 102 Å². The van der Waals surface area contributed by atoms with Crippen LogP contribution in [-0.2, 0) is 9.59 Å². The van der Waals surface area contributed by atoms with Gasteiger partial charge >= 0.3 is 0 Å². The standard InChI is InChI=1S/C37H28Cl3N3O3S/c1-23-15-16-28(22-31(23)39)42-37(46)34(24-9-4-2-5-10-24)47-29-19-17-27(18-20-29)41-36(45)32(21-26-13-8-14-30(38)33(26)40)43-35(44)25-11-6-3-7-12-25/h2-22,34H,1H3,(H,41,45)(H,42,46)(H,43,44)/b32-21-. The van der Waals surface area contributed by atoms with Crippen LogP contribution in [0.15, 0.2) is 132 Å². The number of nitrogens with one attached hydrogen (secondary N) is 3. The third-order valence-electron chi connectivity index (χ3n) is 6.96. The number of hydrogen-bond donors (Lipinski definition) is 3. The highest BCUT2D eigenvalue weighted by molar-refractivity contribution is 8.00. The van der Waals surface area contributed by atoms with Crippen LogP contribution in [-0.4, -0.2) is 17.7 Å². The Morgan fingerprint density at radius 1 is 0.702 bits per heavy atom. The van der Waals surface area contributed by atoms with Crippen molar-refractivity contribution in [3.05, 3.63) is 164 Å². The number of benzene rings is 5. The lowest BCUT2D eigenvalue weighted by Gasteiger charge is -2.18. The highest BCUT2D eigenvalue weighted by Gasteiger charge is 2.23. The molecule has 0 aliphatic rings. The fourth-order valence-electron chi connectivity index (χ4n) is 4.46. The maximum Gasteiger partial charge on any atom is 0.272 e.